The van der Waals surface area contributed by atoms with Crippen molar-refractivity contribution >= 4 is 0 Å². The molecule has 15 heavy (non-hydrogen) atoms. The second kappa shape index (κ2) is 4.06. The van der Waals surface area contributed by atoms with Gasteiger partial charge in [-0.1, -0.05) is 19.8 Å². The van der Waals surface area contributed by atoms with Gasteiger partial charge in [-0.15, -0.1) is 0 Å². The predicted octanol–water partition coefficient (Wildman–Crippen LogP) is 2.14. The normalized spacial score (nSPS) is 43.8. The molecule has 4 saturated heterocycles. The van der Waals surface area contributed by atoms with Gasteiger partial charge in [0, 0.05) is 24.2 Å². The molecule has 0 aromatic carbocycles. The summed E-state index contributed by atoms with van der Waals surface area (Å²) in [5.41, 5.74) is 0. The third-order valence-electron chi connectivity index (χ3n) is 4.66. The summed E-state index contributed by atoms with van der Waals surface area (Å²) in [4.78, 5) is 2.85. The van der Waals surface area contributed by atoms with E-state index in [4.69, 9.17) is 0 Å². The third kappa shape index (κ3) is 1.83. The van der Waals surface area contributed by atoms with Crippen molar-refractivity contribution in [3.8, 4) is 0 Å². The summed E-state index contributed by atoms with van der Waals surface area (Å²) in [6.45, 7) is 3.68. The lowest BCUT2D eigenvalue weighted by Gasteiger charge is -2.57. The first-order chi connectivity index (χ1) is 7.36. The molecule has 4 heterocycles. The van der Waals surface area contributed by atoms with E-state index in [9.17, 15) is 0 Å². The van der Waals surface area contributed by atoms with Gasteiger partial charge in [-0.3, -0.25) is 4.90 Å². The quantitative estimate of drug-likeness (QED) is 0.712. The number of nitrogens with one attached hydrogen (secondary N) is 1. The van der Waals surface area contributed by atoms with Crippen LogP contribution < -0.4 is 5.32 Å². The molecule has 86 valence electrons. The first-order valence-electron chi connectivity index (χ1n) is 6.88. The average molecular weight is 208 g/mol. The Hall–Kier alpha value is -0.0800. The van der Waals surface area contributed by atoms with Crippen molar-refractivity contribution < 1.29 is 0 Å². The molecular formula is C13H24N2. The van der Waals surface area contributed by atoms with Crippen LogP contribution in [0.25, 0.3) is 0 Å². The van der Waals surface area contributed by atoms with Gasteiger partial charge < -0.3 is 5.32 Å². The van der Waals surface area contributed by atoms with Crippen molar-refractivity contribution in [2.75, 3.05) is 6.54 Å². The lowest BCUT2D eigenvalue weighted by Crippen LogP contribution is -2.67. The van der Waals surface area contributed by atoms with Crippen LogP contribution in [0.3, 0.4) is 0 Å². The highest BCUT2D eigenvalue weighted by atomic mass is 15.3. The summed E-state index contributed by atoms with van der Waals surface area (Å²) in [5.74, 6) is 0. The van der Waals surface area contributed by atoms with Gasteiger partial charge in [0.15, 0.2) is 0 Å². The fourth-order valence-electron chi connectivity index (χ4n) is 4.05. The standard InChI is InChI=1S/C13H24N2/c1-2-3-4-5-15-12-6-10-7-13(15)9-11(8-12)14-10/h10-14H,2-9H2,1H3. The van der Waals surface area contributed by atoms with Gasteiger partial charge in [0.25, 0.3) is 0 Å². The van der Waals surface area contributed by atoms with Crippen molar-refractivity contribution in [3.63, 3.8) is 0 Å². The molecule has 4 bridgehead atoms. The number of rotatable bonds is 4. The fourth-order valence-corrected chi connectivity index (χ4v) is 4.05. The number of piperidine rings is 4. The van der Waals surface area contributed by atoms with Crippen molar-refractivity contribution in [3.05, 3.63) is 0 Å². The summed E-state index contributed by atoms with van der Waals surface area (Å²) in [7, 11) is 0. The van der Waals surface area contributed by atoms with Gasteiger partial charge >= 0.3 is 0 Å². The van der Waals surface area contributed by atoms with Crippen LogP contribution in [0.2, 0.25) is 0 Å². The zero-order valence-corrected chi connectivity index (χ0v) is 9.91. The van der Waals surface area contributed by atoms with Crippen LogP contribution in [0.15, 0.2) is 0 Å². The smallest absolute Gasteiger partial charge is 0.0128 e. The minimum Gasteiger partial charge on any atom is -0.311 e. The predicted molar refractivity (Wildman–Crippen MR) is 63.0 cm³/mol. The highest BCUT2D eigenvalue weighted by molar-refractivity contribution is 5.05. The molecule has 0 saturated carbocycles. The van der Waals surface area contributed by atoms with E-state index in [2.05, 4.69) is 17.1 Å². The maximum Gasteiger partial charge on any atom is 0.0128 e. The molecule has 4 aliphatic rings. The molecule has 0 amide bonds. The Morgan fingerprint density at radius 3 is 2.13 bits per heavy atom. The summed E-state index contributed by atoms with van der Waals surface area (Å²) in [5, 5.41) is 3.77. The molecular weight excluding hydrogens is 184 g/mol. The van der Waals surface area contributed by atoms with E-state index in [0.717, 1.165) is 24.2 Å². The van der Waals surface area contributed by atoms with Gasteiger partial charge in [-0.2, -0.15) is 0 Å². The van der Waals surface area contributed by atoms with E-state index in [1.165, 1.54) is 51.5 Å². The highest BCUT2D eigenvalue weighted by Crippen LogP contribution is 2.39. The van der Waals surface area contributed by atoms with Gasteiger partial charge in [-0.25, -0.2) is 0 Å². The highest BCUT2D eigenvalue weighted by Gasteiger charge is 2.46. The summed E-state index contributed by atoms with van der Waals surface area (Å²) in [6.07, 6.45) is 9.92. The molecule has 4 aliphatic heterocycles. The SMILES string of the molecule is CCCCCN1C2CC3CC1CC(C2)N3. The van der Waals surface area contributed by atoms with E-state index in [1.807, 2.05) is 0 Å². The Bertz CT molecular complexity index is 199. The lowest BCUT2D eigenvalue weighted by molar-refractivity contribution is -0.0310. The van der Waals surface area contributed by atoms with Crippen LogP contribution >= 0.6 is 0 Å². The molecule has 0 aliphatic carbocycles. The van der Waals surface area contributed by atoms with Crippen molar-refractivity contribution in [2.45, 2.75) is 76.0 Å². The van der Waals surface area contributed by atoms with Crippen molar-refractivity contribution in [1.82, 2.24) is 10.2 Å². The number of hydrogen-bond acceptors (Lipinski definition) is 2. The Balaban J connectivity index is 1.60. The number of nitrogens with zero attached hydrogens (tertiary/aromatic N) is 1. The first kappa shape index (κ1) is 10.1. The minimum absolute atomic E-state index is 0.870. The van der Waals surface area contributed by atoms with Crippen LogP contribution in [-0.4, -0.2) is 35.6 Å². The van der Waals surface area contributed by atoms with Crippen LogP contribution in [-0.2, 0) is 0 Å². The zero-order valence-electron chi connectivity index (χ0n) is 9.91. The molecule has 1 N–H and O–H groups in total. The molecule has 0 aromatic heterocycles. The van der Waals surface area contributed by atoms with E-state index in [0.29, 0.717) is 0 Å². The Labute approximate surface area is 93.4 Å². The minimum atomic E-state index is 0.870. The van der Waals surface area contributed by atoms with E-state index in [1.54, 1.807) is 0 Å². The molecule has 0 atom stereocenters. The molecule has 2 nitrogen and oxygen atoms in total. The topological polar surface area (TPSA) is 15.3 Å². The van der Waals surface area contributed by atoms with E-state index < -0.39 is 0 Å². The van der Waals surface area contributed by atoms with Crippen LogP contribution in [0.5, 0.6) is 0 Å². The van der Waals surface area contributed by atoms with Gasteiger partial charge in [0.1, 0.15) is 0 Å². The maximum atomic E-state index is 3.77. The average Bonchev–Trinajstić information content (AvgIpc) is 2.21. The fraction of sp³-hybridized carbons (Fsp3) is 1.00. The monoisotopic (exact) mass is 208 g/mol. The first-order valence-corrected chi connectivity index (χ1v) is 6.88. The van der Waals surface area contributed by atoms with Crippen LogP contribution in [0, 0.1) is 0 Å². The summed E-state index contributed by atoms with van der Waals surface area (Å²) >= 11 is 0. The second-order valence-corrected chi connectivity index (χ2v) is 5.76. The van der Waals surface area contributed by atoms with Gasteiger partial charge in [-0.05, 0) is 38.6 Å². The molecule has 0 spiro atoms. The van der Waals surface area contributed by atoms with Crippen molar-refractivity contribution in [2.24, 2.45) is 0 Å². The van der Waals surface area contributed by atoms with Gasteiger partial charge in [0.2, 0.25) is 0 Å². The molecule has 2 heteroatoms. The number of hydrogen-bond donors (Lipinski definition) is 1. The van der Waals surface area contributed by atoms with Gasteiger partial charge in [0.05, 0.1) is 0 Å². The molecule has 0 aromatic rings. The lowest BCUT2D eigenvalue weighted by atomic mass is 9.74. The molecule has 4 fully saturated rings. The zero-order chi connectivity index (χ0) is 10.3. The van der Waals surface area contributed by atoms with E-state index >= 15 is 0 Å². The Morgan fingerprint density at radius 2 is 1.60 bits per heavy atom. The molecule has 0 unspecified atom stereocenters. The maximum absolute atomic E-state index is 3.77. The largest absolute Gasteiger partial charge is 0.311 e. The Kier molecular flexibility index (Phi) is 2.73. The van der Waals surface area contributed by atoms with E-state index in [-0.39, 0.29) is 0 Å². The third-order valence-corrected chi connectivity index (χ3v) is 4.66. The summed E-state index contributed by atoms with van der Waals surface area (Å²) < 4.78 is 0. The molecule has 0 radical (unpaired) electrons. The Morgan fingerprint density at radius 1 is 1.00 bits per heavy atom. The second-order valence-electron chi connectivity index (χ2n) is 5.76. The number of unbranched alkanes of at least 4 members (excludes halogenated alkanes) is 2. The summed E-state index contributed by atoms with van der Waals surface area (Å²) in [6, 6.07) is 3.61. The van der Waals surface area contributed by atoms with Crippen molar-refractivity contribution in [1.29, 1.82) is 0 Å². The molecule has 4 rings (SSSR count). The van der Waals surface area contributed by atoms with Crippen LogP contribution in [0.1, 0.15) is 51.9 Å². The van der Waals surface area contributed by atoms with Crippen LogP contribution in [0.4, 0.5) is 0 Å².